The quantitative estimate of drug-likeness (QED) is 0.287. The number of amides is 5. The molecule has 1 heterocycles. The molecule has 1 aromatic rings. The van der Waals surface area contributed by atoms with Crippen LogP contribution in [0.15, 0.2) is 30.3 Å². The summed E-state index contributed by atoms with van der Waals surface area (Å²) in [4.78, 5) is 81.7. The van der Waals surface area contributed by atoms with Gasteiger partial charge in [0.1, 0.15) is 6.04 Å². The molecule has 45 heavy (non-hydrogen) atoms. The average molecular weight is 626 g/mol. The van der Waals surface area contributed by atoms with E-state index in [9.17, 15) is 28.8 Å². The van der Waals surface area contributed by atoms with Crippen molar-refractivity contribution in [2.75, 3.05) is 27.2 Å². The predicted molar refractivity (Wildman–Crippen MR) is 170 cm³/mol. The Bertz CT molecular complexity index is 1290. The molecule has 248 valence electrons. The topological polar surface area (TPSA) is 145 Å². The third-order valence-corrected chi connectivity index (χ3v) is 9.69. The van der Waals surface area contributed by atoms with Gasteiger partial charge in [0, 0.05) is 26.6 Å². The number of nitrogens with one attached hydrogen (secondary N) is 3. The molecular formula is C34H51N5O6. The van der Waals surface area contributed by atoms with Crippen LogP contribution in [0.25, 0.3) is 0 Å². The average Bonchev–Trinajstić information content (AvgIpc) is 3.29. The van der Waals surface area contributed by atoms with Crippen LogP contribution in [0.2, 0.25) is 0 Å². The van der Waals surface area contributed by atoms with Crippen molar-refractivity contribution in [1.29, 1.82) is 0 Å². The second-order valence-corrected chi connectivity index (χ2v) is 14.4. The highest BCUT2D eigenvalue weighted by Gasteiger charge is 2.69. The Morgan fingerprint density at radius 3 is 2.20 bits per heavy atom. The second kappa shape index (κ2) is 14.1. The van der Waals surface area contributed by atoms with Crippen LogP contribution in [0.4, 0.5) is 0 Å². The first-order valence-electron chi connectivity index (χ1n) is 15.9. The smallest absolute Gasteiger partial charge is 0.290 e. The van der Waals surface area contributed by atoms with Gasteiger partial charge in [-0.1, -0.05) is 85.2 Å². The summed E-state index contributed by atoms with van der Waals surface area (Å²) in [7, 11) is 3.25. The van der Waals surface area contributed by atoms with E-state index in [4.69, 9.17) is 0 Å². The summed E-state index contributed by atoms with van der Waals surface area (Å²) in [6.07, 6.45) is 0.770. The van der Waals surface area contributed by atoms with Crippen LogP contribution in [0.1, 0.15) is 79.3 Å². The molecule has 0 radical (unpaired) electrons. The fraction of sp³-hybridized carbons (Fsp3) is 0.647. The zero-order valence-electron chi connectivity index (χ0n) is 28.2. The van der Waals surface area contributed by atoms with Crippen molar-refractivity contribution in [2.45, 2.75) is 85.9 Å². The molecule has 3 rings (SSSR count). The van der Waals surface area contributed by atoms with Gasteiger partial charge >= 0.3 is 0 Å². The van der Waals surface area contributed by atoms with Gasteiger partial charge in [0.25, 0.3) is 5.91 Å². The minimum absolute atomic E-state index is 0.0219. The van der Waals surface area contributed by atoms with E-state index >= 15 is 0 Å². The number of piperidine rings is 1. The van der Waals surface area contributed by atoms with E-state index in [0.29, 0.717) is 13.0 Å². The normalized spacial score (nSPS) is 21.9. The molecule has 1 aliphatic heterocycles. The Hall–Kier alpha value is -3.76. The largest absolute Gasteiger partial charge is 0.349 e. The molecule has 2 aliphatic rings. The Kier molecular flexibility index (Phi) is 11.2. The van der Waals surface area contributed by atoms with E-state index in [1.165, 1.54) is 4.90 Å². The van der Waals surface area contributed by atoms with E-state index < -0.39 is 48.2 Å². The number of carbonyl (C=O) groups is 6. The van der Waals surface area contributed by atoms with Crippen LogP contribution >= 0.6 is 0 Å². The monoisotopic (exact) mass is 625 g/mol. The highest BCUT2D eigenvalue weighted by molar-refractivity contribution is 6.38. The number of benzene rings is 1. The maximum atomic E-state index is 13.7. The number of fused-ring (bicyclic) bond motifs is 1. The second-order valence-electron chi connectivity index (χ2n) is 14.4. The number of carbonyl (C=O) groups excluding carboxylic acids is 6. The summed E-state index contributed by atoms with van der Waals surface area (Å²) in [5, 5.41) is 7.93. The zero-order chi connectivity index (χ0) is 33.9. The van der Waals surface area contributed by atoms with Gasteiger partial charge in [0.15, 0.2) is 0 Å². The number of nitrogens with zero attached hydrogens (tertiary/aromatic N) is 2. The molecule has 0 bridgehead atoms. The summed E-state index contributed by atoms with van der Waals surface area (Å²) in [5.74, 6) is -3.26. The van der Waals surface area contributed by atoms with Crippen molar-refractivity contribution < 1.29 is 28.8 Å². The van der Waals surface area contributed by atoms with Crippen LogP contribution < -0.4 is 16.0 Å². The first-order chi connectivity index (χ1) is 20.9. The van der Waals surface area contributed by atoms with E-state index in [1.54, 1.807) is 43.3 Å². The Balaban J connectivity index is 1.66. The molecule has 5 amide bonds. The van der Waals surface area contributed by atoms with Crippen molar-refractivity contribution in [3.05, 3.63) is 35.9 Å². The van der Waals surface area contributed by atoms with Gasteiger partial charge in [-0.05, 0) is 34.7 Å². The minimum Gasteiger partial charge on any atom is -0.349 e. The molecule has 6 atom stereocenters. The number of likely N-dealkylation sites (tertiary alicyclic amines) is 1. The molecule has 1 aliphatic carbocycles. The zero-order valence-corrected chi connectivity index (χ0v) is 28.2. The molecule has 1 aromatic carbocycles. The fourth-order valence-electron chi connectivity index (χ4n) is 6.19. The van der Waals surface area contributed by atoms with Crippen molar-refractivity contribution in [1.82, 2.24) is 25.8 Å². The lowest BCUT2D eigenvalue weighted by Crippen LogP contribution is -2.56. The first kappa shape index (κ1) is 35.7. The Labute approximate surface area is 267 Å². The highest BCUT2D eigenvalue weighted by atomic mass is 16.2. The van der Waals surface area contributed by atoms with Gasteiger partial charge in [-0.3, -0.25) is 28.8 Å². The molecule has 11 nitrogen and oxygen atoms in total. The summed E-state index contributed by atoms with van der Waals surface area (Å²) in [5.41, 5.74) is 0.341. The molecule has 1 unspecified atom stereocenters. The molecule has 3 N–H and O–H groups in total. The SMILES string of the molecule is CCCC(NC(=O)[C@@H]1[C@@H]2[C@H](CN1C(=O)[C@@H](C)C(C)(C)C)C2(C)C)C(=O)C(=O)NCC(=O)N[C@H](CC(=O)N(C)C)c1ccccc1. The Morgan fingerprint density at radius 1 is 1.02 bits per heavy atom. The van der Waals surface area contributed by atoms with E-state index in [0.717, 1.165) is 5.56 Å². The van der Waals surface area contributed by atoms with Gasteiger partial charge in [0.05, 0.1) is 25.0 Å². The third kappa shape index (κ3) is 8.29. The molecule has 0 spiro atoms. The van der Waals surface area contributed by atoms with E-state index in [-0.39, 0.29) is 53.2 Å². The maximum absolute atomic E-state index is 13.7. The van der Waals surface area contributed by atoms with Crippen LogP contribution in [-0.4, -0.2) is 84.4 Å². The minimum atomic E-state index is -1.10. The standard InChI is InChI=1S/C34H51N5O6/c1-10-14-23(37-30(43)28-27-22(34(27,6)7)19-39(28)32(45)20(2)33(3,4)5)29(42)31(44)35-18-25(40)36-24(17-26(41)38(8)9)21-15-12-11-13-16-21/h11-13,15-16,20,22-24,27-28H,10,14,17-19H2,1-9H3,(H,35,44)(H,36,40)(H,37,43)/t20-,22+,23?,24-,27+,28+/m1/s1. The van der Waals surface area contributed by atoms with Crippen molar-refractivity contribution in [3.8, 4) is 0 Å². The lowest BCUT2D eigenvalue weighted by Gasteiger charge is -2.36. The summed E-state index contributed by atoms with van der Waals surface area (Å²) >= 11 is 0. The van der Waals surface area contributed by atoms with Crippen molar-refractivity contribution in [2.24, 2.45) is 28.6 Å². The summed E-state index contributed by atoms with van der Waals surface area (Å²) in [6, 6.07) is 6.57. The third-order valence-electron chi connectivity index (χ3n) is 9.69. The van der Waals surface area contributed by atoms with Gasteiger partial charge in [-0.2, -0.15) is 0 Å². The molecule has 0 aromatic heterocycles. The number of Topliss-reactive ketones (excluding diaryl/α,β-unsaturated/α-hetero) is 1. The first-order valence-corrected chi connectivity index (χ1v) is 15.9. The van der Waals surface area contributed by atoms with Crippen molar-refractivity contribution in [3.63, 3.8) is 0 Å². The van der Waals surface area contributed by atoms with Gasteiger partial charge < -0.3 is 25.8 Å². The number of hydrogen-bond acceptors (Lipinski definition) is 6. The Morgan fingerprint density at radius 2 is 1.64 bits per heavy atom. The van der Waals surface area contributed by atoms with Crippen LogP contribution in [0.3, 0.4) is 0 Å². The molecular weight excluding hydrogens is 574 g/mol. The summed E-state index contributed by atoms with van der Waals surface area (Å²) in [6.45, 7) is 13.9. The predicted octanol–water partition coefficient (Wildman–Crippen LogP) is 2.46. The van der Waals surface area contributed by atoms with Crippen LogP contribution in [0, 0.1) is 28.6 Å². The van der Waals surface area contributed by atoms with Crippen molar-refractivity contribution >= 4 is 35.3 Å². The number of rotatable bonds is 13. The molecule has 1 saturated heterocycles. The molecule has 1 saturated carbocycles. The van der Waals surface area contributed by atoms with Crippen LogP contribution in [0.5, 0.6) is 0 Å². The van der Waals surface area contributed by atoms with Gasteiger partial charge in [-0.25, -0.2) is 0 Å². The van der Waals surface area contributed by atoms with Gasteiger partial charge in [0.2, 0.25) is 29.4 Å². The molecule has 11 heteroatoms. The lowest BCUT2D eigenvalue weighted by molar-refractivity contribution is -0.146. The molecule has 2 fully saturated rings. The fourth-order valence-corrected chi connectivity index (χ4v) is 6.19. The number of ketones is 1. The number of hydrogen-bond donors (Lipinski definition) is 3. The lowest BCUT2D eigenvalue weighted by atomic mass is 9.81. The van der Waals surface area contributed by atoms with Crippen LogP contribution in [-0.2, 0) is 28.8 Å². The van der Waals surface area contributed by atoms with E-state index in [1.807, 2.05) is 40.7 Å². The highest BCUT2D eigenvalue weighted by Crippen LogP contribution is 2.65. The van der Waals surface area contributed by atoms with E-state index in [2.05, 4.69) is 29.8 Å². The summed E-state index contributed by atoms with van der Waals surface area (Å²) < 4.78 is 0. The maximum Gasteiger partial charge on any atom is 0.290 e. The van der Waals surface area contributed by atoms with Gasteiger partial charge in [-0.15, -0.1) is 0 Å².